The summed E-state index contributed by atoms with van der Waals surface area (Å²) in [7, 11) is 1.96. The van der Waals surface area contributed by atoms with E-state index in [4.69, 9.17) is 16.3 Å². The zero-order valence-electron chi connectivity index (χ0n) is 13.6. The predicted octanol–water partition coefficient (Wildman–Crippen LogP) is 3.64. The Morgan fingerprint density at radius 3 is 2.76 bits per heavy atom. The number of aromatic nitrogens is 2. The summed E-state index contributed by atoms with van der Waals surface area (Å²) in [5.41, 5.74) is 1.42. The van der Waals surface area contributed by atoms with Crippen molar-refractivity contribution >= 4 is 28.3 Å². The number of hydrogen-bond acceptors (Lipinski definition) is 5. The monoisotopic (exact) mass is 360 g/mol. The molecule has 0 fully saturated rings. The molecule has 3 rings (SSSR count). The topological polar surface area (TPSA) is 84.3 Å². The maximum Gasteiger partial charge on any atom is 0.271 e. The number of ether oxygens (including phenoxy) is 1. The van der Waals surface area contributed by atoms with E-state index in [1.165, 1.54) is 12.1 Å². The van der Waals surface area contributed by atoms with Gasteiger partial charge in [-0.3, -0.25) is 15.0 Å². The molecule has 0 saturated heterocycles. The Balaban J connectivity index is 1.55. The van der Waals surface area contributed by atoms with E-state index in [-0.39, 0.29) is 5.69 Å². The second-order valence-electron chi connectivity index (χ2n) is 5.68. The molecular formula is C17H17ClN4O3. The molecule has 0 aliphatic rings. The quantitative estimate of drug-likeness (QED) is 0.513. The summed E-state index contributed by atoms with van der Waals surface area (Å²) in [5.74, 6) is 1.53. The number of aromatic amines is 1. The van der Waals surface area contributed by atoms with Gasteiger partial charge in [0.15, 0.2) is 0 Å². The van der Waals surface area contributed by atoms with Crippen molar-refractivity contribution in [3.8, 4) is 5.75 Å². The molecular weight excluding hydrogens is 344 g/mol. The van der Waals surface area contributed by atoms with Crippen LogP contribution in [0, 0.1) is 10.1 Å². The number of halogens is 1. The minimum atomic E-state index is -0.416. The number of non-ortho nitro benzene ring substituents is 1. The van der Waals surface area contributed by atoms with Crippen molar-refractivity contribution < 1.29 is 9.66 Å². The van der Waals surface area contributed by atoms with Gasteiger partial charge in [0.1, 0.15) is 18.2 Å². The van der Waals surface area contributed by atoms with Crippen molar-refractivity contribution in [2.45, 2.75) is 6.54 Å². The lowest BCUT2D eigenvalue weighted by molar-refractivity contribution is -0.384. The van der Waals surface area contributed by atoms with Crippen molar-refractivity contribution in [3.63, 3.8) is 0 Å². The van der Waals surface area contributed by atoms with Crippen molar-refractivity contribution in [3.05, 3.63) is 63.4 Å². The van der Waals surface area contributed by atoms with E-state index in [0.717, 1.165) is 11.6 Å². The Morgan fingerprint density at radius 1 is 1.28 bits per heavy atom. The molecule has 8 heteroatoms. The molecule has 0 aliphatic heterocycles. The van der Waals surface area contributed by atoms with Crippen LogP contribution in [-0.4, -0.2) is 40.0 Å². The molecule has 1 N–H and O–H groups in total. The molecule has 0 unspecified atom stereocenters. The molecule has 2 aromatic carbocycles. The molecule has 0 amide bonds. The Kier molecular flexibility index (Phi) is 5.16. The first kappa shape index (κ1) is 17.2. The lowest BCUT2D eigenvalue weighted by Crippen LogP contribution is -2.24. The molecule has 3 aromatic rings. The van der Waals surface area contributed by atoms with Crippen LogP contribution in [0.3, 0.4) is 0 Å². The average molecular weight is 361 g/mol. The van der Waals surface area contributed by atoms with Crippen LogP contribution in [0.15, 0.2) is 42.5 Å². The van der Waals surface area contributed by atoms with Crippen molar-refractivity contribution in [2.24, 2.45) is 0 Å². The molecule has 7 nitrogen and oxygen atoms in total. The fourth-order valence-electron chi connectivity index (χ4n) is 2.42. The van der Waals surface area contributed by atoms with Crippen molar-refractivity contribution in [1.82, 2.24) is 14.9 Å². The number of hydrogen-bond donors (Lipinski definition) is 1. The first-order valence-electron chi connectivity index (χ1n) is 7.71. The molecule has 0 atom stereocenters. The first-order valence-corrected chi connectivity index (χ1v) is 8.09. The Morgan fingerprint density at radius 2 is 2.04 bits per heavy atom. The van der Waals surface area contributed by atoms with Gasteiger partial charge in [0.25, 0.3) is 5.69 Å². The summed E-state index contributed by atoms with van der Waals surface area (Å²) in [6, 6.07) is 11.8. The highest BCUT2D eigenvalue weighted by Gasteiger charge is 2.10. The van der Waals surface area contributed by atoms with E-state index in [1.54, 1.807) is 18.2 Å². The molecule has 25 heavy (non-hydrogen) atoms. The van der Waals surface area contributed by atoms with Crippen LogP contribution < -0.4 is 4.74 Å². The molecule has 0 spiro atoms. The Bertz CT molecular complexity index is 879. The van der Waals surface area contributed by atoms with Gasteiger partial charge in [0, 0.05) is 23.7 Å². The van der Waals surface area contributed by atoms with Gasteiger partial charge in [-0.25, -0.2) is 4.98 Å². The predicted molar refractivity (Wildman–Crippen MR) is 96.0 cm³/mol. The molecule has 0 saturated carbocycles. The minimum absolute atomic E-state index is 0.0485. The number of benzene rings is 2. The van der Waals surface area contributed by atoms with E-state index in [0.29, 0.717) is 35.8 Å². The third kappa shape index (κ3) is 4.46. The third-order valence-electron chi connectivity index (χ3n) is 3.70. The standard InChI is InChI=1S/C17H17ClN4O3/c1-21(8-9-25-14-5-2-12(18)3-6-14)11-17-19-15-7-4-13(22(23)24)10-16(15)20-17/h2-7,10H,8-9,11H2,1H3,(H,19,20). The van der Waals surface area contributed by atoms with E-state index in [2.05, 4.69) is 14.9 Å². The van der Waals surface area contributed by atoms with Crippen LogP contribution in [0.2, 0.25) is 5.02 Å². The minimum Gasteiger partial charge on any atom is -0.492 e. The van der Waals surface area contributed by atoms with Crippen LogP contribution in [0.25, 0.3) is 11.0 Å². The van der Waals surface area contributed by atoms with Crippen LogP contribution in [0.4, 0.5) is 5.69 Å². The van der Waals surface area contributed by atoms with Gasteiger partial charge in [0.2, 0.25) is 0 Å². The molecule has 130 valence electrons. The van der Waals surface area contributed by atoms with Crippen LogP contribution in [0.5, 0.6) is 5.75 Å². The van der Waals surface area contributed by atoms with E-state index >= 15 is 0 Å². The molecule has 1 heterocycles. The lowest BCUT2D eigenvalue weighted by atomic mass is 10.3. The summed E-state index contributed by atoms with van der Waals surface area (Å²) >= 11 is 5.84. The van der Waals surface area contributed by atoms with Gasteiger partial charge in [-0.1, -0.05) is 11.6 Å². The number of likely N-dealkylation sites (N-methyl/N-ethyl adjacent to an activating group) is 1. The normalized spacial score (nSPS) is 11.2. The van der Waals surface area contributed by atoms with E-state index < -0.39 is 4.92 Å². The number of fused-ring (bicyclic) bond motifs is 1. The Labute approximate surface area is 149 Å². The van der Waals surface area contributed by atoms with Crippen LogP contribution in [0.1, 0.15) is 5.82 Å². The van der Waals surface area contributed by atoms with Gasteiger partial charge in [-0.2, -0.15) is 0 Å². The number of nitrogens with one attached hydrogen (secondary N) is 1. The van der Waals surface area contributed by atoms with Gasteiger partial charge in [0.05, 0.1) is 22.5 Å². The van der Waals surface area contributed by atoms with Crippen molar-refractivity contribution in [2.75, 3.05) is 20.2 Å². The summed E-state index contributed by atoms with van der Waals surface area (Å²) in [6.45, 7) is 1.83. The lowest BCUT2D eigenvalue weighted by Gasteiger charge is -2.15. The maximum atomic E-state index is 10.8. The number of imidazole rings is 1. The number of rotatable bonds is 7. The molecule has 0 aliphatic carbocycles. The maximum absolute atomic E-state index is 10.8. The van der Waals surface area contributed by atoms with Crippen molar-refractivity contribution in [1.29, 1.82) is 0 Å². The number of nitro benzene ring substituents is 1. The summed E-state index contributed by atoms with van der Waals surface area (Å²) in [5, 5.41) is 11.5. The third-order valence-corrected chi connectivity index (χ3v) is 3.95. The zero-order valence-corrected chi connectivity index (χ0v) is 14.4. The van der Waals surface area contributed by atoms with Gasteiger partial charge in [-0.15, -0.1) is 0 Å². The smallest absolute Gasteiger partial charge is 0.271 e. The molecule has 0 radical (unpaired) electrons. The second kappa shape index (κ2) is 7.50. The Hall–Kier alpha value is -2.64. The van der Waals surface area contributed by atoms with Crippen LogP contribution >= 0.6 is 11.6 Å². The zero-order chi connectivity index (χ0) is 17.8. The number of nitro groups is 1. The second-order valence-corrected chi connectivity index (χ2v) is 6.12. The van der Waals surface area contributed by atoms with Gasteiger partial charge >= 0.3 is 0 Å². The molecule has 0 bridgehead atoms. The highest BCUT2D eigenvalue weighted by atomic mass is 35.5. The van der Waals surface area contributed by atoms with E-state index in [1.807, 2.05) is 19.2 Å². The van der Waals surface area contributed by atoms with Gasteiger partial charge in [-0.05, 0) is 37.4 Å². The number of nitrogens with zero attached hydrogens (tertiary/aromatic N) is 3. The first-order chi connectivity index (χ1) is 12.0. The van der Waals surface area contributed by atoms with Gasteiger partial charge < -0.3 is 9.72 Å². The summed E-state index contributed by atoms with van der Waals surface area (Å²) in [6.07, 6.45) is 0. The highest BCUT2D eigenvalue weighted by Crippen LogP contribution is 2.19. The molecule has 1 aromatic heterocycles. The van der Waals surface area contributed by atoms with Crippen LogP contribution in [-0.2, 0) is 6.54 Å². The largest absolute Gasteiger partial charge is 0.492 e. The average Bonchev–Trinajstić information content (AvgIpc) is 2.97. The SMILES string of the molecule is CN(CCOc1ccc(Cl)cc1)Cc1nc2ccc([N+](=O)[O-])cc2[nH]1. The number of H-pyrrole nitrogens is 1. The summed E-state index contributed by atoms with van der Waals surface area (Å²) < 4.78 is 5.66. The fourth-order valence-corrected chi connectivity index (χ4v) is 2.55. The van der Waals surface area contributed by atoms with E-state index in [9.17, 15) is 10.1 Å². The summed E-state index contributed by atoms with van der Waals surface area (Å²) in [4.78, 5) is 20.0. The fraction of sp³-hybridized carbons (Fsp3) is 0.235. The highest BCUT2D eigenvalue weighted by molar-refractivity contribution is 6.30.